The van der Waals surface area contributed by atoms with Crippen LogP contribution in [-0.4, -0.2) is 31.5 Å². The Morgan fingerprint density at radius 1 is 1.24 bits per heavy atom. The van der Waals surface area contributed by atoms with E-state index in [9.17, 15) is 5.11 Å². The molecule has 0 aliphatic heterocycles. The Balaban J connectivity index is 2.33. The van der Waals surface area contributed by atoms with Crippen molar-refractivity contribution in [3.05, 3.63) is 47.0 Å². The molecular weight excluding hydrogens is 320 g/mol. The summed E-state index contributed by atoms with van der Waals surface area (Å²) in [6, 6.07) is 6.76. The summed E-state index contributed by atoms with van der Waals surface area (Å²) in [5.41, 5.74) is 4.63. The summed E-state index contributed by atoms with van der Waals surface area (Å²) in [5, 5.41) is 30.7. The smallest absolute Gasteiger partial charge is 0.143 e. The maximum absolute atomic E-state index is 9.56. The van der Waals surface area contributed by atoms with Crippen molar-refractivity contribution < 1.29 is 14.8 Å². The van der Waals surface area contributed by atoms with Crippen LogP contribution in [0.1, 0.15) is 36.1 Å². The van der Waals surface area contributed by atoms with E-state index in [1.165, 1.54) is 6.21 Å². The fourth-order valence-corrected chi connectivity index (χ4v) is 2.93. The molecular formula is C18H20N4O3. The molecule has 0 aliphatic rings. The van der Waals surface area contributed by atoms with Gasteiger partial charge in [0.1, 0.15) is 11.5 Å². The number of hydrogen-bond acceptors (Lipinski definition) is 6. The van der Waals surface area contributed by atoms with Gasteiger partial charge in [0.15, 0.2) is 0 Å². The monoisotopic (exact) mass is 340 g/mol. The van der Waals surface area contributed by atoms with Gasteiger partial charge in [-0.3, -0.25) is 0 Å². The normalized spacial score (nSPS) is 11.5. The lowest BCUT2D eigenvalue weighted by Gasteiger charge is -2.08. The molecule has 3 rings (SSSR count). The van der Waals surface area contributed by atoms with E-state index in [2.05, 4.69) is 17.2 Å². The number of nitrogens with zero attached hydrogens (tertiary/aromatic N) is 4. The lowest BCUT2D eigenvalue weighted by molar-refractivity contribution is 0.322. The summed E-state index contributed by atoms with van der Waals surface area (Å²) in [6.07, 6.45) is 3.04. The van der Waals surface area contributed by atoms with E-state index in [4.69, 9.17) is 14.8 Å². The molecule has 3 aromatic rings. The van der Waals surface area contributed by atoms with E-state index >= 15 is 0 Å². The number of rotatable bonds is 5. The second kappa shape index (κ2) is 6.80. The molecule has 0 aliphatic carbocycles. The van der Waals surface area contributed by atoms with E-state index in [0.29, 0.717) is 5.76 Å². The summed E-state index contributed by atoms with van der Waals surface area (Å²) in [4.78, 5) is 0. The van der Waals surface area contributed by atoms with E-state index in [1.807, 2.05) is 13.8 Å². The van der Waals surface area contributed by atoms with Crippen molar-refractivity contribution >= 4 is 6.21 Å². The summed E-state index contributed by atoms with van der Waals surface area (Å²) in [5.74, 6) is 0.841. The predicted molar refractivity (Wildman–Crippen MR) is 93.6 cm³/mol. The molecule has 7 nitrogen and oxygen atoms in total. The van der Waals surface area contributed by atoms with Crippen molar-refractivity contribution in [1.29, 1.82) is 0 Å². The third kappa shape index (κ3) is 3.00. The molecule has 1 aromatic carbocycles. The first kappa shape index (κ1) is 16.8. The van der Waals surface area contributed by atoms with E-state index in [-0.39, 0.29) is 5.75 Å². The zero-order valence-electron chi connectivity index (χ0n) is 14.4. The van der Waals surface area contributed by atoms with E-state index in [0.717, 1.165) is 46.7 Å². The van der Waals surface area contributed by atoms with Crippen LogP contribution in [-0.2, 0) is 6.42 Å². The van der Waals surface area contributed by atoms with Crippen LogP contribution in [0.2, 0.25) is 0 Å². The first-order chi connectivity index (χ1) is 12.1. The molecule has 0 saturated heterocycles. The van der Waals surface area contributed by atoms with Crippen LogP contribution in [0.5, 0.6) is 5.75 Å². The Bertz CT molecular complexity index is 888. The van der Waals surface area contributed by atoms with Crippen molar-refractivity contribution in [2.24, 2.45) is 5.16 Å². The standard InChI is InChI=1S/C18H20N4O3/c1-4-5-16-15(10-19-24)18(17-11(2)21-25-12(17)3)22(20-16)13-6-8-14(23)9-7-13/h6-10,23-24H,4-5H2,1-3H3/b19-10-. The van der Waals surface area contributed by atoms with Crippen molar-refractivity contribution in [1.82, 2.24) is 14.9 Å². The topological polar surface area (TPSA) is 96.7 Å². The molecule has 130 valence electrons. The second-order valence-corrected chi connectivity index (χ2v) is 5.83. The minimum absolute atomic E-state index is 0.181. The Labute approximate surface area is 145 Å². The quantitative estimate of drug-likeness (QED) is 0.420. The first-order valence-electron chi connectivity index (χ1n) is 8.08. The SMILES string of the molecule is CCCc1nn(-c2ccc(O)cc2)c(-c2c(C)noc2C)c1/C=N\O. The molecule has 0 unspecified atom stereocenters. The van der Waals surface area contributed by atoms with Gasteiger partial charge in [0.2, 0.25) is 0 Å². The molecule has 25 heavy (non-hydrogen) atoms. The zero-order chi connectivity index (χ0) is 18.0. The van der Waals surface area contributed by atoms with Crippen LogP contribution >= 0.6 is 0 Å². The Kier molecular flexibility index (Phi) is 4.56. The summed E-state index contributed by atoms with van der Waals surface area (Å²) < 4.78 is 7.10. The van der Waals surface area contributed by atoms with Crippen molar-refractivity contribution in [2.75, 3.05) is 0 Å². The minimum Gasteiger partial charge on any atom is -0.508 e. The average molecular weight is 340 g/mol. The van der Waals surface area contributed by atoms with Crippen LogP contribution in [0.3, 0.4) is 0 Å². The third-order valence-electron chi connectivity index (χ3n) is 4.04. The van der Waals surface area contributed by atoms with Gasteiger partial charge in [-0.2, -0.15) is 5.10 Å². The van der Waals surface area contributed by atoms with Gasteiger partial charge in [0.25, 0.3) is 0 Å². The molecule has 2 aromatic heterocycles. The van der Waals surface area contributed by atoms with Crippen molar-refractivity contribution in [3.8, 4) is 22.7 Å². The van der Waals surface area contributed by atoms with Crippen LogP contribution in [0.4, 0.5) is 0 Å². The number of oxime groups is 1. The van der Waals surface area contributed by atoms with Crippen LogP contribution in [0.25, 0.3) is 16.9 Å². The molecule has 0 radical (unpaired) electrons. The van der Waals surface area contributed by atoms with Gasteiger partial charge in [-0.05, 0) is 44.5 Å². The maximum atomic E-state index is 9.56. The first-order valence-corrected chi connectivity index (χ1v) is 8.08. The van der Waals surface area contributed by atoms with Gasteiger partial charge in [-0.25, -0.2) is 4.68 Å². The van der Waals surface area contributed by atoms with E-state index < -0.39 is 0 Å². The van der Waals surface area contributed by atoms with Crippen LogP contribution in [0, 0.1) is 13.8 Å². The largest absolute Gasteiger partial charge is 0.508 e. The van der Waals surface area contributed by atoms with Gasteiger partial charge in [0.05, 0.1) is 34.5 Å². The number of aryl methyl sites for hydroxylation is 3. The van der Waals surface area contributed by atoms with Gasteiger partial charge in [-0.1, -0.05) is 23.7 Å². The summed E-state index contributed by atoms with van der Waals surface area (Å²) in [6.45, 7) is 5.76. The minimum atomic E-state index is 0.181. The average Bonchev–Trinajstić information content (AvgIpc) is 3.10. The number of benzene rings is 1. The van der Waals surface area contributed by atoms with Gasteiger partial charge in [0, 0.05) is 5.56 Å². The number of hydrogen-bond donors (Lipinski definition) is 2. The molecule has 0 saturated carbocycles. The lowest BCUT2D eigenvalue weighted by atomic mass is 10.0. The predicted octanol–water partition coefficient (Wildman–Crippen LogP) is 3.61. The highest BCUT2D eigenvalue weighted by Crippen LogP contribution is 2.33. The molecule has 2 N–H and O–H groups in total. The number of aromatic nitrogens is 3. The Morgan fingerprint density at radius 2 is 1.96 bits per heavy atom. The van der Waals surface area contributed by atoms with Gasteiger partial charge >= 0.3 is 0 Å². The molecule has 0 atom stereocenters. The molecule has 0 fully saturated rings. The molecule has 0 amide bonds. The molecule has 0 bridgehead atoms. The number of phenolic OH excluding ortho intramolecular Hbond substituents is 1. The molecule has 2 heterocycles. The van der Waals surface area contributed by atoms with Crippen molar-refractivity contribution in [3.63, 3.8) is 0 Å². The molecule has 0 spiro atoms. The highest BCUT2D eigenvalue weighted by Gasteiger charge is 2.24. The highest BCUT2D eigenvalue weighted by atomic mass is 16.5. The van der Waals surface area contributed by atoms with Gasteiger partial charge < -0.3 is 14.8 Å². The Hall–Kier alpha value is -3.09. The fraction of sp³-hybridized carbons (Fsp3) is 0.278. The van der Waals surface area contributed by atoms with Crippen molar-refractivity contribution in [2.45, 2.75) is 33.6 Å². The fourth-order valence-electron chi connectivity index (χ4n) is 2.93. The van der Waals surface area contributed by atoms with Crippen LogP contribution < -0.4 is 0 Å². The number of aromatic hydroxyl groups is 1. The summed E-state index contributed by atoms with van der Waals surface area (Å²) >= 11 is 0. The van der Waals surface area contributed by atoms with E-state index in [1.54, 1.807) is 28.9 Å². The zero-order valence-corrected chi connectivity index (χ0v) is 14.4. The summed E-state index contributed by atoms with van der Waals surface area (Å²) in [7, 11) is 0. The number of phenols is 1. The highest BCUT2D eigenvalue weighted by molar-refractivity contribution is 5.91. The third-order valence-corrected chi connectivity index (χ3v) is 4.04. The Morgan fingerprint density at radius 3 is 2.52 bits per heavy atom. The van der Waals surface area contributed by atoms with Crippen LogP contribution in [0.15, 0.2) is 33.9 Å². The molecule has 7 heteroatoms. The maximum Gasteiger partial charge on any atom is 0.143 e. The van der Waals surface area contributed by atoms with Gasteiger partial charge in [-0.15, -0.1) is 0 Å². The lowest BCUT2D eigenvalue weighted by Crippen LogP contribution is -2.01. The second-order valence-electron chi connectivity index (χ2n) is 5.83.